The minimum Gasteiger partial charge on any atom is -0.378 e. The molecule has 5 heterocycles. The lowest BCUT2D eigenvalue weighted by molar-refractivity contribution is 0.0767. The molecule has 5 nitrogen and oxygen atoms in total. The van der Waals surface area contributed by atoms with E-state index in [0.717, 1.165) is 26.3 Å². The molecule has 0 radical (unpaired) electrons. The van der Waals surface area contributed by atoms with Crippen LogP contribution in [-0.2, 0) is 0 Å². The number of carbonyl (C=O) groups is 1. The Hall–Kier alpha value is -3.94. The SMILES string of the molecule is O=C1c2nc(cc3ccc(cc4nc(cc5ccc(s5)c2-c2ccc(F)cc2)C=C4)[nH]3)C1O. The van der Waals surface area contributed by atoms with E-state index in [1.807, 2.05) is 48.6 Å². The third kappa shape index (κ3) is 3.57. The maximum atomic E-state index is 13.6. The highest BCUT2D eigenvalue weighted by Crippen LogP contribution is 2.36. The number of thiophene rings is 1. The molecule has 6 rings (SSSR count). The van der Waals surface area contributed by atoms with Crippen molar-refractivity contribution in [2.75, 3.05) is 0 Å². The topological polar surface area (TPSA) is 78.9 Å². The summed E-state index contributed by atoms with van der Waals surface area (Å²) in [6.07, 6.45) is 2.53. The van der Waals surface area contributed by atoms with Gasteiger partial charge in [-0.2, -0.15) is 0 Å². The van der Waals surface area contributed by atoms with Crippen LogP contribution >= 0.6 is 11.3 Å². The largest absolute Gasteiger partial charge is 0.378 e. The summed E-state index contributed by atoms with van der Waals surface area (Å²) in [7, 11) is 0. The molecule has 2 N–H and O–H groups in total. The van der Waals surface area contributed by atoms with Gasteiger partial charge in [-0.15, -0.1) is 11.3 Å². The Morgan fingerprint density at radius 2 is 1.61 bits per heavy atom. The van der Waals surface area contributed by atoms with Gasteiger partial charge in [-0.25, -0.2) is 14.4 Å². The van der Waals surface area contributed by atoms with Crippen LogP contribution in [0.15, 0.2) is 66.7 Å². The second kappa shape index (κ2) is 7.58. The molecule has 0 spiro atoms. The van der Waals surface area contributed by atoms with Gasteiger partial charge in [0, 0.05) is 26.0 Å². The summed E-state index contributed by atoms with van der Waals surface area (Å²) >= 11 is 1.48. The number of fused-ring (bicyclic) bond motifs is 8. The molecule has 7 heteroatoms. The fourth-order valence-electron chi connectivity index (χ4n) is 3.99. The number of aromatic nitrogens is 3. The Balaban J connectivity index is 1.75. The molecular formula is C26H16FN3O2S. The first-order chi connectivity index (χ1) is 16.0. The van der Waals surface area contributed by atoms with Crippen LogP contribution in [-0.4, -0.2) is 25.8 Å². The highest BCUT2D eigenvalue weighted by atomic mass is 32.1. The van der Waals surface area contributed by atoms with E-state index in [4.69, 9.17) is 0 Å². The van der Waals surface area contributed by atoms with Crippen molar-refractivity contribution in [3.8, 4) is 11.1 Å². The zero-order valence-electron chi connectivity index (χ0n) is 17.1. The normalized spacial score (nSPS) is 15.2. The van der Waals surface area contributed by atoms with Crippen molar-refractivity contribution in [2.45, 2.75) is 6.10 Å². The van der Waals surface area contributed by atoms with Crippen LogP contribution < -0.4 is 0 Å². The smallest absolute Gasteiger partial charge is 0.216 e. The van der Waals surface area contributed by atoms with Crippen molar-refractivity contribution in [3.05, 3.63) is 95.3 Å². The van der Waals surface area contributed by atoms with E-state index < -0.39 is 11.9 Å². The summed E-state index contributed by atoms with van der Waals surface area (Å²) in [4.78, 5) is 25.5. The van der Waals surface area contributed by atoms with Crippen molar-refractivity contribution in [1.29, 1.82) is 0 Å². The summed E-state index contributed by atoms with van der Waals surface area (Å²) in [5.41, 5.74) is 4.83. The van der Waals surface area contributed by atoms with Gasteiger partial charge >= 0.3 is 0 Å². The van der Waals surface area contributed by atoms with Crippen molar-refractivity contribution < 1.29 is 14.3 Å². The van der Waals surface area contributed by atoms with Gasteiger partial charge < -0.3 is 10.1 Å². The van der Waals surface area contributed by atoms with Gasteiger partial charge in [0.2, 0.25) is 5.78 Å². The van der Waals surface area contributed by atoms with E-state index in [0.29, 0.717) is 16.6 Å². The molecule has 1 unspecified atom stereocenters. The summed E-state index contributed by atoms with van der Waals surface area (Å²) in [6.45, 7) is 0. The number of hydrogen-bond donors (Lipinski definition) is 2. The van der Waals surface area contributed by atoms with Crippen LogP contribution in [0.3, 0.4) is 0 Å². The van der Waals surface area contributed by atoms with Gasteiger partial charge in [-0.3, -0.25) is 4.79 Å². The summed E-state index contributed by atoms with van der Waals surface area (Å²) in [6, 6.07) is 19.1. The molecule has 33 heavy (non-hydrogen) atoms. The Labute approximate surface area is 191 Å². The fraction of sp³-hybridized carbons (Fsp3) is 0.0385. The van der Waals surface area contributed by atoms with Crippen molar-refractivity contribution in [2.24, 2.45) is 0 Å². The number of nitrogens with one attached hydrogen (secondary N) is 1. The van der Waals surface area contributed by atoms with Crippen LogP contribution in [0.25, 0.3) is 43.7 Å². The fourth-order valence-corrected chi connectivity index (χ4v) is 5.02. The Morgan fingerprint density at radius 3 is 2.39 bits per heavy atom. The van der Waals surface area contributed by atoms with Gasteiger partial charge in [0.25, 0.3) is 0 Å². The predicted octanol–water partition coefficient (Wildman–Crippen LogP) is 5.94. The molecule has 1 aromatic carbocycles. The Kier molecular flexibility index (Phi) is 4.53. The van der Waals surface area contributed by atoms with Gasteiger partial charge in [-0.1, -0.05) is 12.1 Å². The number of carbonyl (C=O) groups excluding carboxylic acids is 1. The molecule has 0 aliphatic carbocycles. The maximum absolute atomic E-state index is 13.6. The van der Waals surface area contributed by atoms with Crippen molar-refractivity contribution in [3.63, 3.8) is 0 Å². The van der Waals surface area contributed by atoms with Crippen LogP contribution in [0.4, 0.5) is 4.39 Å². The van der Waals surface area contributed by atoms with Crippen molar-refractivity contribution >= 4 is 49.7 Å². The number of rotatable bonds is 1. The highest BCUT2D eigenvalue weighted by Gasteiger charge is 2.31. The number of ketones is 1. The van der Waals surface area contributed by atoms with E-state index >= 15 is 0 Å². The molecular weight excluding hydrogens is 437 g/mol. The number of hydrogen-bond acceptors (Lipinski definition) is 5. The number of aliphatic hydroxyl groups is 1. The summed E-state index contributed by atoms with van der Waals surface area (Å²) in [5, 5.41) is 10.7. The zero-order valence-corrected chi connectivity index (χ0v) is 17.9. The molecule has 3 aromatic heterocycles. The summed E-state index contributed by atoms with van der Waals surface area (Å²) < 4.78 is 15.4. The van der Waals surface area contributed by atoms with E-state index in [1.165, 1.54) is 23.5 Å². The molecule has 1 atom stereocenters. The lowest BCUT2D eigenvalue weighted by Gasteiger charge is -2.04. The molecule has 4 aromatic rings. The number of nitrogens with zero attached hydrogens (tertiary/aromatic N) is 2. The first kappa shape index (κ1) is 19.7. The molecule has 2 aliphatic rings. The molecule has 160 valence electrons. The van der Waals surface area contributed by atoms with Gasteiger partial charge in [0.1, 0.15) is 11.5 Å². The van der Waals surface area contributed by atoms with E-state index in [1.54, 1.807) is 18.2 Å². The first-order valence-electron chi connectivity index (χ1n) is 10.3. The molecule has 0 saturated heterocycles. The number of Topliss-reactive ketones (excluding diaryl/α,β-unsaturated/α-hetero) is 1. The quantitative estimate of drug-likeness (QED) is 0.329. The average Bonchev–Trinajstić information content (AvgIpc) is 3.58. The van der Waals surface area contributed by atoms with Crippen LogP contribution in [0.5, 0.6) is 0 Å². The lowest BCUT2D eigenvalue weighted by Crippen LogP contribution is -2.05. The predicted molar refractivity (Wildman–Crippen MR) is 128 cm³/mol. The summed E-state index contributed by atoms with van der Waals surface area (Å²) in [5.74, 6) is -0.852. The second-order valence-electron chi connectivity index (χ2n) is 7.83. The standard InChI is InChI=1S/C26H16FN3O2S/c27-15-3-1-14(2-4-15)23-22-10-9-20(33-22)12-18-7-5-16(28-18)11-17-6-8-19(29-17)13-21-25(31)26(32)24(23)30-21/h1-13,25,29,31H. The van der Waals surface area contributed by atoms with Crippen molar-refractivity contribution in [1.82, 2.24) is 15.0 Å². The van der Waals surface area contributed by atoms with Crippen LogP contribution in [0.2, 0.25) is 0 Å². The molecule has 0 saturated carbocycles. The molecule has 0 amide bonds. The van der Waals surface area contributed by atoms with Gasteiger partial charge in [0.05, 0.1) is 17.1 Å². The van der Waals surface area contributed by atoms with E-state index in [2.05, 4.69) is 15.0 Å². The van der Waals surface area contributed by atoms with Gasteiger partial charge in [-0.05, 0) is 72.3 Å². The van der Waals surface area contributed by atoms with Crippen LogP contribution in [0, 0.1) is 5.82 Å². The number of aliphatic hydroxyl groups excluding tert-OH is 1. The third-order valence-electron chi connectivity index (χ3n) is 5.56. The van der Waals surface area contributed by atoms with Gasteiger partial charge in [0.15, 0.2) is 6.10 Å². The van der Waals surface area contributed by atoms with E-state index in [-0.39, 0.29) is 17.2 Å². The number of H-pyrrole nitrogens is 1. The van der Waals surface area contributed by atoms with E-state index in [9.17, 15) is 14.3 Å². The van der Waals surface area contributed by atoms with Crippen LogP contribution in [0.1, 0.15) is 33.7 Å². The second-order valence-corrected chi connectivity index (χ2v) is 8.95. The minimum absolute atomic E-state index is 0.160. The number of aromatic amines is 1. The zero-order chi connectivity index (χ0) is 22.5. The maximum Gasteiger partial charge on any atom is 0.216 e. The molecule has 8 bridgehead atoms. The third-order valence-corrected chi connectivity index (χ3v) is 6.61. The Bertz CT molecular complexity index is 1620. The molecule has 2 aliphatic heterocycles. The minimum atomic E-state index is -1.37. The average molecular weight is 453 g/mol. The molecule has 0 fully saturated rings. The number of halogens is 1. The first-order valence-corrected chi connectivity index (χ1v) is 11.1. The monoisotopic (exact) mass is 453 g/mol. The highest BCUT2D eigenvalue weighted by molar-refractivity contribution is 7.23. The Morgan fingerprint density at radius 1 is 0.879 bits per heavy atom. The lowest BCUT2D eigenvalue weighted by atomic mass is 10.0. The number of benzene rings is 1.